The molecule has 0 aromatic heterocycles. The molecule has 1 atom stereocenters. The van der Waals surface area contributed by atoms with Gasteiger partial charge in [-0.1, -0.05) is 0 Å². The molecule has 74 valence electrons. The Morgan fingerprint density at radius 1 is 1.36 bits per heavy atom. The van der Waals surface area contributed by atoms with Crippen LogP contribution in [0.3, 0.4) is 0 Å². The molecule has 0 saturated carbocycles. The maximum absolute atomic E-state index is 13.0. The van der Waals surface area contributed by atoms with E-state index in [0.717, 1.165) is 12.1 Å². The SMILES string of the molecule is N#Cc1ccc(F)c(C(N)C(F)F)c1. The van der Waals surface area contributed by atoms with E-state index in [-0.39, 0.29) is 11.1 Å². The molecule has 1 aromatic rings. The Bertz CT molecular complexity index is 371. The quantitative estimate of drug-likeness (QED) is 0.793. The lowest BCUT2D eigenvalue weighted by Gasteiger charge is -2.11. The molecule has 0 radical (unpaired) electrons. The monoisotopic (exact) mass is 200 g/mol. The summed E-state index contributed by atoms with van der Waals surface area (Å²) in [7, 11) is 0. The Morgan fingerprint density at radius 2 is 2.00 bits per heavy atom. The van der Waals surface area contributed by atoms with E-state index in [2.05, 4.69) is 0 Å². The fourth-order valence-corrected chi connectivity index (χ4v) is 1.00. The standard InChI is InChI=1S/C9H7F3N2/c10-7-2-1-5(4-13)3-6(7)8(14)9(11)12/h1-3,8-9H,14H2. The van der Waals surface area contributed by atoms with Crippen LogP contribution in [0, 0.1) is 17.1 Å². The Hall–Kier alpha value is -1.54. The van der Waals surface area contributed by atoms with Gasteiger partial charge in [0.1, 0.15) is 5.82 Å². The fraction of sp³-hybridized carbons (Fsp3) is 0.222. The molecule has 2 N–H and O–H groups in total. The van der Waals surface area contributed by atoms with Crippen molar-refractivity contribution in [3.63, 3.8) is 0 Å². The third-order valence-corrected chi connectivity index (χ3v) is 1.76. The molecular formula is C9H7F3N2. The van der Waals surface area contributed by atoms with Crippen molar-refractivity contribution in [3.8, 4) is 6.07 Å². The van der Waals surface area contributed by atoms with Crippen LogP contribution in [0.2, 0.25) is 0 Å². The molecule has 0 fully saturated rings. The molecule has 0 aliphatic rings. The summed E-state index contributed by atoms with van der Waals surface area (Å²) in [6.07, 6.45) is -2.85. The third-order valence-electron chi connectivity index (χ3n) is 1.76. The number of rotatable bonds is 2. The molecule has 1 unspecified atom stereocenters. The predicted molar refractivity (Wildman–Crippen MR) is 44.0 cm³/mol. The Morgan fingerprint density at radius 3 is 2.50 bits per heavy atom. The number of alkyl halides is 2. The van der Waals surface area contributed by atoms with Gasteiger partial charge in [-0.25, -0.2) is 13.2 Å². The lowest BCUT2D eigenvalue weighted by Crippen LogP contribution is -2.20. The van der Waals surface area contributed by atoms with Gasteiger partial charge in [-0.3, -0.25) is 0 Å². The summed E-state index contributed by atoms with van der Waals surface area (Å²) >= 11 is 0. The third kappa shape index (κ3) is 2.03. The van der Waals surface area contributed by atoms with Gasteiger partial charge < -0.3 is 5.73 Å². The average Bonchev–Trinajstić information content (AvgIpc) is 2.17. The van der Waals surface area contributed by atoms with E-state index in [1.807, 2.05) is 0 Å². The maximum atomic E-state index is 13.0. The predicted octanol–water partition coefficient (Wildman–Crippen LogP) is 1.96. The number of nitriles is 1. The first kappa shape index (κ1) is 10.5. The van der Waals surface area contributed by atoms with Crippen molar-refractivity contribution in [3.05, 3.63) is 35.1 Å². The summed E-state index contributed by atoms with van der Waals surface area (Å²) < 4.78 is 37.3. The van der Waals surface area contributed by atoms with E-state index in [9.17, 15) is 13.2 Å². The second-order valence-electron chi connectivity index (χ2n) is 2.71. The molecule has 0 bridgehead atoms. The normalized spacial score (nSPS) is 12.6. The van der Waals surface area contributed by atoms with Gasteiger partial charge in [0.15, 0.2) is 0 Å². The molecule has 0 amide bonds. The second kappa shape index (κ2) is 4.11. The zero-order chi connectivity index (χ0) is 10.7. The number of halogens is 3. The van der Waals surface area contributed by atoms with E-state index in [1.165, 1.54) is 6.07 Å². The number of hydrogen-bond acceptors (Lipinski definition) is 2. The van der Waals surface area contributed by atoms with Crippen LogP contribution in [-0.4, -0.2) is 6.43 Å². The summed E-state index contributed by atoms with van der Waals surface area (Å²) in [5.41, 5.74) is 4.84. The Kier molecular flexibility index (Phi) is 3.10. The minimum Gasteiger partial charge on any atom is -0.319 e. The molecule has 0 saturated heterocycles. The van der Waals surface area contributed by atoms with Gasteiger partial charge in [0.25, 0.3) is 6.43 Å². The number of benzene rings is 1. The van der Waals surface area contributed by atoms with Crippen molar-refractivity contribution >= 4 is 0 Å². The van der Waals surface area contributed by atoms with Crippen LogP contribution in [0.25, 0.3) is 0 Å². The zero-order valence-electron chi connectivity index (χ0n) is 7.05. The molecule has 2 nitrogen and oxygen atoms in total. The average molecular weight is 200 g/mol. The number of nitrogens with two attached hydrogens (primary N) is 1. The lowest BCUT2D eigenvalue weighted by molar-refractivity contribution is 0.115. The van der Waals surface area contributed by atoms with Gasteiger partial charge in [-0.15, -0.1) is 0 Å². The van der Waals surface area contributed by atoms with Crippen molar-refractivity contribution in [2.75, 3.05) is 0 Å². The van der Waals surface area contributed by atoms with E-state index in [4.69, 9.17) is 11.0 Å². The highest BCUT2D eigenvalue weighted by Crippen LogP contribution is 2.21. The Labute approximate surface area is 78.8 Å². The van der Waals surface area contributed by atoms with Gasteiger partial charge in [0, 0.05) is 5.56 Å². The highest BCUT2D eigenvalue weighted by atomic mass is 19.3. The molecule has 0 spiro atoms. The fourth-order valence-electron chi connectivity index (χ4n) is 1.00. The summed E-state index contributed by atoms with van der Waals surface area (Å²) in [5, 5.41) is 8.47. The molecule has 14 heavy (non-hydrogen) atoms. The molecule has 0 aliphatic heterocycles. The van der Waals surface area contributed by atoms with Gasteiger partial charge in [0.2, 0.25) is 0 Å². The lowest BCUT2D eigenvalue weighted by atomic mass is 10.0. The van der Waals surface area contributed by atoms with Crippen molar-refractivity contribution < 1.29 is 13.2 Å². The summed E-state index contributed by atoms with van der Waals surface area (Å²) in [6.45, 7) is 0. The van der Waals surface area contributed by atoms with Crippen LogP contribution in [0.1, 0.15) is 17.2 Å². The largest absolute Gasteiger partial charge is 0.319 e. The molecular weight excluding hydrogens is 193 g/mol. The van der Waals surface area contributed by atoms with Crippen LogP contribution in [0.5, 0.6) is 0 Å². The van der Waals surface area contributed by atoms with Gasteiger partial charge in [-0.05, 0) is 18.2 Å². The molecule has 0 aliphatic carbocycles. The van der Waals surface area contributed by atoms with Gasteiger partial charge >= 0.3 is 0 Å². The second-order valence-corrected chi connectivity index (χ2v) is 2.71. The van der Waals surface area contributed by atoms with E-state index >= 15 is 0 Å². The van der Waals surface area contributed by atoms with Gasteiger partial charge in [0.05, 0.1) is 17.7 Å². The molecule has 1 aromatic carbocycles. The molecule has 0 heterocycles. The van der Waals surface area contributed by atoms with Crippen LogP contribution < -0.4 is 5.73 Å². The highest BCUT2D eigenvalue weighted by molar-refractivity contribution is 5.35. The van der Waals surface area contributed by atoms with E-state index < -0.39 is 18.3 Å². The number of nitrogens with zero attached hydrogens (tertiary/aromatic N) is 1. The minimum atomic E-state index is -2.85. The number of hydrogen-bond donors (Lipinski definition) is 1. The zero-order valence-corrected chi connectivity index (χ0v) is 7.05. The topological polar surface area (TPSA) is 49.8 Å². The first-order valence-corrected chi connectivity index (χ1v) is 3.79. The van der Waals surface area contributed by atoms with Gasteiger partial charge in [-0.2, -0.15) is 5.26 Å². The van der Waals surface area contributed by atoms with Crippen molar-refractivity contribution in [2.45, 2.75) is 12.5 Å². The van der Waals surface area contributed by atoms with Crippen molar-refractivity contribution in [1.82, 2.24) is 0 Å². The van der Waals surface area contributed by atoms with Crippen LogP contribution in [0.15, 0.2) is 18.2 Å². The first-order valence-electron chi connectivity index (χ1n) is 3.79. The summed E-state index contributed by atoms with van der Waals surface area (Å²) in [5.74, 6) is -0.822. The van der Waals surface area contributed by atoms with Crippen LogP contribution in [-0.2, 0) is 0 Å². The molecule has 5 heteroatoms. The Balaban J connectivity index is 3.13. The van der Waals surface area contributed by atoms with Crippen LogP contribution in [0.4, 0.5) is 13.2 Å². The van der Waals surface area contributed by atoms with E-state index in [1.54, 1.807) is 6.07 Å². The summed E-state index contributed by atoms with van der Waals surface area (Å²) in [6, 6.07) is 3.22. The van der Waals surface area contributed by atoms with Crippen molar-refractivity contribution in [2.24, 2.45) is 5.73 Å². The van der Waals surface area contributed by atoms with Crippen LogP contribution >= 0.6 is 0 Å². The molecule has 1 rings (SSSR count). The maximum Gasteiger partial charge on any atom is 0.257 e. The minimum absolute atomic E-state index is 0.109. The van der Waals surface area contributed by atoms with Crippen molar-refractivity contribution in [1.29, 1.82) is 5.26 Å². The van der Waals surface area contributed by atoms with E-state index in [0.29, 0.717) is 0 Å². The highest BCUT2D eigenvalue weighted by Gasteiger charge is 2.21. The smallest absolute Gasteiger partial charge is 0.257 e. The summed E-state index contributed by atoms with van der Waals surface area (Å²) in [4.78, 5) is 0. The first-order chi connectivity index (χ1) is 6.56.